The van der Waals surface area contributed by atoms with Crippen LogP contribution >= 0.6 is 35.1 Å². The Balaban J connectivity index is 2.46. The average molecular weight is 919 g/mol. The fourth-order valence-corrected chi connectivity index (χ4v) is 11.5. The van der Waals surface area contributed by atoms with Gasteiger partial charge in [-0.05, 0) is 93.4 Å². The minimum Gasteiger partial charge on any atom is -0.495 e. The Morgan fingerprint density at radius 1 is 1.05 bits per heavy atom. The maximum atomic E-state index is 12.3. The Labute approximate surface area is 376 Å². The van der Waals surface area contributed by atoms with Crippen LogP contribution in [0.5, 0.6) is 5.75 Å². The lowest BCUT2D eigenvalue weighted by Gasteiger charge is -2.42. The first-order valence-electron chi connectivity index (χ1n) is 21.0. The van der Waals surface area contributed by atoms with Crippen molar-refractivity contribution in [3.8, 4) is 5.75 Å². The first kappa shape index (κ1) is 54.6. The van der Waals surface area contributed by atoms with Crippen molar-refractivity contribution in [1.82, 2.24) is 0 Å². The molecule has 2 rings (SSSR count). The fraction of sp³-hybridized carbons (Fsp3) is 0.711. The molecule has 0 unspecified atom stereocenters. The van der Waals surface area contributed by atoms with Gasteiger partial charge in [-0.15, -0.1) is 23.5 Å². The number of benzene rings is 1. The summed E-state index contributed by atoms with van der Waals surface area (Å²) in [6.45, 7) is 23.7. The van der Waals surface area contributed by atoms with Crippen LogP contribution in [-0.4, -0.2) is 121 Å². The number of hydrogen-bond donors (Lipinski definition) is 1. The van der Waals surface area contributed by atoms with Crippen LogP contribution in [0.15, 0.2) is 47.6 Å². The summed E-state index contributed by atoms with van der Waals surface area (Å²) in [6, 6.07) is 3.72. The van der Waals surface area contributed by atoms with Crippen molar-refractivity contribution in [2.24, 2.45) is 5.92 Å². The van der Waals surface area contributed by atoms with Gasteiger partial charge in [0.25, 0.3) is 0 Å². The number of rotatable bonds is 26. The van der Waals surface area contributed by atoms with E-state index in [0.29, 0.717) is 62.1 Å². The van der Waals surface area contributed by atoms with E-state index in [9.17, 15) is 9.90 Å². The number of nitrogens with zero attached hydrogens (tertiary/aromatic N) is 1. The number of aliphatic hydroxyl groups excluding tert-OH is 1. The highest BCUT2D eigenvalue weighted by atomic mass is 35.5. The van der Waals surface area contributed by atoms with Gasteiger partial charge in [-0.3, -0.25) is 4.90 Å². The topological polar surface area (TPSA) is 114 Å². The molecule has 0 saturated carbocycles. The van der Waals surface area contributed by atoms with Gasteiger partial charge in [-0.1, -0.05) is 69.2 Å². The molecule has 0 spiro atoms. The van der Waals surface area contributed by atoms with Crippen LogP contribution < -0.4 is 9.64 Å². The van der Waals surface area contributed by atoms with E-state index in [1.807, 2.05) is 51.1 Å². The number of allylic oxidation sites excluding steroid dienone is 3. The van der Waals surface area contributed by atoms with Gasteiger partial charge >= 0.3 is 6.09 Å². The molecule has 1 aliphatic rings. The Bertz CT molecular complexity index is 1530. The summed E-state index contributed by atoms with van der Waals surface area (Å²) in [4.78, 5) is 13.7. The van der Waals surface area contributed by atoms with Crippen molar-refractivity contribution in [3.05, 3.63) is 58.2 Å². The minimum absolute atomic E-state index is 0.0178. The van der Waals surface area contributed by atoms with Gasteiger partial charge in [-0.25, -0.2) is 4.79 Å². The number of amides is 1. The normalized spacial score (nSPS) is 17.5. The molecule has 0 radical (unpaired) electrons. The molecule has 1 saturated heterocycles. The van der Waals surface area contributed by atoms with E-state index in [-0.39, 0.29) is 36.2 Å². The molecule has 0 aromatic heterocycles. The second-order valence-corrected chi connectivity index (χ2v) is 24.9. The summed E-state index contributed by atoms with van der Waals surface area (Å²) < 4.78 is 46.6. The van der Waals surface area contributed by atoms with Crippen LogP contribution in [0.1, 0.15) is 80.2 Å². The molecule has 1 amide bonds. The molecule has 11 nitrogen and oxygen atoms in total. The van der Waals surface area contributed by atoms with E-state index >= 15 is 0 Å². The lowest BCUT2D eigenvalue weighted by Crippen LogP contribution is -2.45. The zero-order chi connectivity index (χ0) is 45.1. The molecular weight excluding hydrogens is 842 g/mol. The van der Waals surface area contributed by atoms with Gasteiger partial charge in [0.1, 0.15) is 17.6 Å². The lowest BCUT2D eigenvalue weighted by atomic mass is 9.93. The van der Waals surface area contributed by atoms with Gasteiger partial charge in [0.15, 0.2) is 14.6 Å². The van der Waals surface area contributed by atoms with E-state index in [0.717, 1.165) is 34.6 Å². The zero-order valence-corrected chi connectivity index (χ0v) is 42.3. The van der Waals surface area contributed by atoms with Gasteiger partial charge in [0.2, 0.25) is 0 Å². The number of hydrogen-bond acceptors (Lipinski definition) is 12. The molecule has 4 atom stereocenters. The standard InChI is InChI=1S/C45H76ClNO10S2Si/c1-15-54-41(55-16-2)29-37(57-60(13,14)44(6,7)8)33(4)26-34(5)39(56-31-53-22-21-50-10)30-45(58-23-18-24-59-45)40(48)20-17-19-32(3)25-35-27-36(47(9)43(49)52-12)42(46)38(28-35)51-11/h17,19-20,26-28,34,37,39-41,48H,15-16,18,21-25,29-31H2,1-14H3/b20-17+,32-19+,33-26+/t34-,37-,39-,40+/m0/s1. The summed E-state index contributed by atoms with van der Waals surface area (Å²) in [5.74, 6) is 2.29. The molecule has 0 bridgehead atoms. The van der Waals surface area contributed by atoms with Crippen LogP contribution in [0, 0.1) is 5.92 Å². The summed E-state index contributed by atoms with van der Waals surface area (Å²) in [5, 5.41) is 12.4. The maximum Gasteiger partial charge on any atom is 0.413 e. The summed E-state index contributed by atoms with van der Waals surface area (Å²) in [6.07, 6.45) is 8.73. The van der Waals surface area contributed by atoms with E-state index in [4.69, 9.17) is 49.2 Å². The SMILES string of the molecule is CCOC(C[C@H](O[Si](C)(C)C(C)(C)C)/C(C)=C/[C@H](C)[C@H](CC1([C@H](O)/C=C/C=C(\C)Cc2cc(OC)c(Cl)c(N(C)C(=O)OC)c2)SCCCS1)OCOCCOC)OCC. The summed E-state index contributed by atoms with van der Waals surface area (Å²) in [5.41, 5.74) is 3.55. The predicted molar refractivity (Wildman–Crippen MR) is 253 cm³/mol. The first-order chi connectivity index (χ1) is 28.3. The second-order valence-electron chi connectivity index (χ2n) is 16.7. The van der Waals surface area contributed by atoms with Crippen molar-refractivity contribution in [2.45, 2.75) is 128 Å². The van der Waals surface area contributed by atoms with Gasteiger partial charge in [-0.2, -0.15) is 0 Å². The Morgan fingerprint density at radius 2 is 1.70 bits per heavy atom. The van der Waals surface area contributed by atoms with Crippen molar-refractivity contribution in [2.75, 3.05) is 78.0 Å². The number of anilines is 1. The number of methoxy groups -OCH3 is 3. The molecule has 1 aliphatic heterocycles. The highest BCUT2D eigenvalue weighted by Gasteiger charge is 2.44. The van der Waals surface area contributed by atoms with Gasteiger partial charge in [0.05, 0.1) is 55.5 Å². The van der Waals surface area contributed by atoms with Crippen LogP contribution in [0.4, 0.5) is 10.5 Å². The van der Waals surface area contributed by atoms with Gasteiger partial charge in [0, 0.05) is 46.1 Å². The lowest BCUT2D eigenvalue weighted by molar-refractivity contribution is -0.148. The van der Waals surface area contributed by atoms with Crippen LogP contribution in [0.25, 0.3) is 0 Å². The van der Waals surface area contributed by atoms with Gasteiger partial charge < -0.3 is 42.7 Å². The highest BCUT2D eigenvalue weighted by Crippen LogP contribution is 2.50. The van der Waals surface area contributed by atoms with Crippen molar-refractivity contribution >= 4 is 55.2 Å². The van der Waals surface area contributed by atoms with E-state index in [2.05, 4.69) is 53.8 Å². The average Bonchev–Trinajstić information content (AvgIpc) is 3.19. The monoisotopic (exact) mass is 917 g/mol. The summed E-state index contributed by atoms with van der Waals surface area (Å²) in [7, 11) is 3.95. The molecule has 15 heteroatoms. The van der Waals surface area contributed by atoms with Crippen LogP contribution in [0.2, 0.25) is 23.2 Å². The molecule has 1 N–H and O–H groups in total. The van der Waals surface area contributed by atoms with E-state index in [1.54, 1.807) is 44.8 Å². The van der Waals surface area contributed by atoms with E-state index < -0.39 is 24.6 Å². The molecule has 1 heterocycles. The van der Waals surface area contributed by atoms with Crippen molar-refractivity contribution in [3.63, 3.8) is 0 Å². The predicted octanol–water partition coefficient (Wildman–Crippen LogP) is 10.7. The minimum atomic E-state index is -2.18. The third-order valence-corrected chi connectivity index (χ3v) is 19.3. The quantitative estimate of drug-likeness (QED) is 0.0314. The fourth-order valence-electron chi connectivity index (χ4n) is 6.45. The number of carbonyl (C=O) groups is 1. The number of ether oxygens (including phenoxy) is 7. The Morgan fingerprint density at radius 3 is 2.27 bits per heavy atom. The number of carbonyl (C=O) groups excluding carboxylic acids is 1. The Kier molecular flexibility index (Phi) is 24.5. The number of halogens is 1. The molecule has 344 valence electrons. The third-order valence-electron chi connectivity index (χ3n) is 11.0. The second kappa shape index (κ2) is 26.9. The van der Waals surface area contributed by atoms with Crippen molar-refractivity contribution < 1.29 is 47.5 Å². The molecule has 1 fully saturated rings. The number of thioether (sulfide) groups is 2. The first-order valence-corrected chi connectivity index (χ1v) is 26.3. The highest BCUT2D eigenvalue weighted by molar-refractivity contribution is 8.18. The summed E-state index contributed by atoms with van der Waals surface area (Å²) >= 11 is 10.2. The van der Waals surface area contributed by atoms with Crippen LogP contribution in [-0.2, 0) is 39.3 Å². The maximum absolute atomic E-state index is 12.3. The zero-order valence-electron chi connectivity index (χ0n) is 38.9. The number of aliphatic hydroxyl groups is 1. The smallest absolute Gasteiger partial charge is 0.413 e. The van der Waals surface area contributed by atoms with Crippen molar-refractivity contribution in [1.29, 1.82) is 0 Å². The van der Waals surface area contributed by atoms with E-state index in [1.165, 1.54) is 12.0 Å². The third kappa shape index (κ3) is 17.2. The molecule has 1 aromatic rings. The molecular formula is C45H76ClNO10S2Si. The molecule has 0 aliphatic carbocycles. The largest absolute Gasteiger partial charge is 0.495 e. The molecule has 1 aromatic carbocycles. The Hall–Kier alpha value is -1.56. The molecule has 60 heavy (non-hydrogen) atoms. The van der Waals surface area contributed by atoms with Crippen LogP contribution in [0.3, 0.4) is 0 Å².